The van der Waals surface area contributed by atoms with Crippen molar-refractivity contribution < 1.29 is 24.2 Å². The highest BCUT2D eigenvalue weighted by atomic mass is 35.5. The Bertz CT molecular complexity index is 1310. The van der Waals surface area contributed by atoms with Crippen LogP contribution < -0.4 is 10.3 Å². The van der Waals surface area contributed by atoms with Crippen LogP contribution in [0.2, 0.25) is 5.02 Å². The molecule has 0 saturated carbocycles. The molecule has 0 bridgehead atoms. The molecule has 1 atom stereocenters. The van der Waals surface area contributed by atoms with Crippen LogP contribution in [0.4, 0.5) is 4.39 Å². The zero-order valence-corrected chi connectivity index (χ0v) is 20.1. The van der Waals surface area contributed by atoms with Crippen LogP contribution in [0.25, 0.3) is 0 Å². The third kappa shape index (κ3) is 6.70. The van der Waals surface area contributed by atoms with Gasteiger partial charge in [-0.1, -0.05) is 28.9 Å². The number of pyridine rings is 1. The molecule has 3 aromatic rings. The Hall–Kier alpha value is -3.65. The average Bonchev–Trinajstić information content (AvgIpc) is 2.81. The first-order chi connectivity index (χ1) is 16.7. The van der Waals surface area contributed by atoms with E-state index in [9.17, 15) is 19.2 Å². The first kappa shape index (κ1) is 26.0. The molecule has 0 aliphatic carbocycles. The molecule has 0 saturated heterocycles. The number of ether oxygens (including phenoxy) is 1. The van der Waals surface area contributed by atoms with Gasteiger partial charge in [0.05, 0.1) is 12.3 Å². The van der Waals surface area contributed by atoms with Crippen molar-refractivity contribution in [2.45, 2.75) is 32.1 Å². The molecule has 7 nitrogen and oxygen atoms in total. The van der Waals surface area contributed by atoms with E-state index in [4.69, 9.17) is 21.4 Å². The second kappa shape index (κ2) is 11.7. The summed E-state index contributed by atoms with van der Waals surface area (Å²) < 4.78 is 21.7. The SMILES string of the molecule is Cc1cc(Cl)ccc1C(C/C(=N\O)c1ccc(=O)n(C)c1)c1ccc(OCCCC(=O)O)c(F)c1. The summed E-state index contributed by atoms with van der Waals surface area (Å²) in [6.07, 6.45) is 2.00. The monoisotopic (exact) mass is 500 g/mol. The predicted molar refractivity (Wildman–Crippen MR) is 131 cm³/mol. The van der Waals surface area contributed by atoms with Gasteiger partial charge in [-0.15, -0.1) is 0 Å². The lowest BCUT2D eigenvalue weighted by atomic mass is 9.83. The number of aliphatic carboxylic acids is 1. The van der Waals surface area contributed by atoms with Crippen LogP contribution in [0.5, 0.6) is 5.75 Å². The summed E-state index contributed by atoms with van der Waals surface area (Å²) in [5, 5.41) is 22.6. The van der Waals surface area contributed by atoms with E-state index in [1.807, 2.05) is 19.1 Å². The van der Waals surface area contributed by atoms with Crippen molar-refractivity contribution in [1.29, 1.82) is 0 Å². The Balaban J connectivity index is 1.96. The molecular formula is C26H26ClFN2O5. The van der Waals surface area contributed by atoms with E-state index in [1.165, 1.54) is 22.8 Å². The van der Waals surface area contributed by atoms with Crippen LogP contribution in [-0.4, -0.2) is 33.2 Å². The molecule has 9 heteroatoms. The van der Waals surface area contributed by atoms with Crippen molar-refractivity contribution >= 4 is 23.3 Å². The maximum absolute atomic E-state index is 14.9. The number of carboxylic acids is 1. The Labute approximate surface area is 207 Å². The van der Waals surface area contributed by atoms with E-state index < -0.39 is 17.7 Å². The zero-order valence-electron chi connectivity index (χ0n) is 19.4. The third-order valence-corrected chi connectivity index (χ3v) is 5.93. The molecule has 0 spiro atoms. The maximum Gasteiger partial charge on any atom is 0.303 e. The summed E-state index contributed by atoms with van der Waals surface area (Å²) in [5.74, 6) is -1.89. The van der Waals surface area contributed by atoms with E-state index in [2.05, 4.69) is 5.16 Å². The second-order valence-corrected chi connectivity index (χ2v) is 8.64. The number of carbonyl (C=O) groups is 1. The highest BCUT2D eigenvalue weighted by Gasteiger charge is 2.22. The Morgan fingerprint density at radius 1 is 1.20 bits per heavy atom. The van der Waals surface area contributed by atoms with Gasteiger partial charge in [0, 0.05) is 48.7 Å². The topological polar surface area (TPSA) is 101 Å². The van der Waals surface area contributed by atoms with E-state index >= 15 is 0 Å². The fraction of sp³-hybridized carbons (Fsp3) is 0.269. The van der Waals surface area contributed by atoms with Gasteiger partial charge >= 0.3 is 5.97 Å². The van der Waals surface area contributed by atoms with Crippen molar-refractivity contribution in [3.63, 3.8) is 0 Å². The predicted octanol–water partition coefficient (Wildman–Crippen LogP) is 5.13. The summed E-state index contributed by atoms with van der Waals surface area (Å²) in [6.45, 7) is 1.98. The molecule has 0 aliphatic heterocycles. The molecule has 1 aromatic heterocycles. The Kier molecular flexibility index (Phi) is 8.65. The molecule has 0 aliphatic rings. The second-order valence-electron chi connectivity index (χ2n) is 8.21. The molecular weight excluding hydrogens is 475 g/mol. The summed E-state index contributed by atoms with van der Waals surface area (Å²) in [5.41, 5.74) is 3.07. The fourth-order valence-electron chi connectivity index (χ4n) is 3.87. The molecule has 1 unspecified atom stereocenters. The minimum absolute atomic E-state index is 0.0276. The van der Waals surface area contributed by atoms with Crippen LogP contribution in [0, 0.1) is 12.7 Å². The normalized spacial score (nSPS) is 12.4. The number of aromatic nitrogens is 1. The highest BCUT2D eigenvalue weighted by Crippen LogP contribution is 2.35. The molecule has 0 fully saturated rings. The van der Waals surface area contributed by atoms with Gasteiger partial charge in [0.2, 0.25) is 5.56 Å². The zero-order chi connectivity index (χ0) is 25.5. The molecule has 2 aromatic carbocycles. The summed E-state index contributed by atoms with van der Waals surface area (Å²) >= 11 is 6.15. The average molecular weight is 501 g/mol. The van der Waals surface area contributed by atoms with E-state index in [-0.39, 0.29) is 37.2 Å². The van der Waals surface area contributed by atoms with Crippen molar-refractivity contribution in [2.24, 2.45) is 12.2 Å². The largest absolute Gasteiger partial charge is 0.491 e. The molecule has 0 amide bonds. The highest BCUT2D eigenvalue weighted by molar-refractivity contribution is 6.30. The molecule has 0 radical (unpaired) electrons. The first-order valence-corrected chi connectivity index (χ1v) is 11.4. The van der Waals surface area contributed by atoms with E-state index in [0.717, 1.165) is 11.1 Å². The minimum atomic E-state index is -0.939. The smallest absolute Gasteiger partial charge is 0.303 e. The number of carboxylic acid groups (broad SMARTS) is 1. The number of hydrogen-bond acceptors (Lipinski definition) is 5. The van der Waals surface area contributed by atoms with Crippen molar-refractivity contribution in [3.05, 3.63) is 98.2 Å². The molecule has 184 valence electrons. The van der Waals surface area contributed by atoms with Crippen LogP contribution >= 0.6 is 11.6 Å². The van der Waals surface area contributed by atoms with Crippen molar-refractivity contribution in [3.8, 4) is 5.75 Å². The Morgan fingerprint density at radius 3 is 2.60 bits per heavy atom. The van der Waals surface area contributed by atoms with Crippen LogP contribution in [0.15, 0.2) is 64.7 Å². The number of rotatable bonds is 10. The lowest BCUT2D eigenvalue weighted by molar-refractivity contribution is -0.137. The molecule has 3 rings (SSSR count). The van der Waals surface area contributed by atoms with Gasteiger partial charge in [-0.3, -0.25) is 9.59 Å². The van der Waals surface area contributed by atoms with Gasteiger partial charge in [-0.25, -0.2) is 4.39 Å². The van der Waals surface area contributed by atoms with Gasteiger partial charge in [0.15, 0.2) is 11.6 Å². The van der Waals surface area contributed by atoms with Gasteiger partial charge in [-0.2, -0.15) is 0 Å². The summed E-state index contributed by atoms with van der Waals surface area (Å²) in [7, 11) is 1.60. The number of hydrogen-bond donors (Lipinski definition) is 2. The molecule has 35 heavy (non-hydrogen) atoms. The number of halogens is 2. The summed E-state index contributed by atoms with van der Waals surface area (Å²) in [6, 6.07) is 13.0. The number of benzene rings is 2. The first-order valence-electron chi connectivity index (χ1n) is 11.0. The van der Waals surface area contributed by atoms with Crippen LogP contribution in [0.1, 0.15) is 47.4 Å². The molecule has 1 heterocycles. The Morgan fingerprint density at radius 2 is 1.97 bits per heavy atom. The quantitative estimate of drug-likeness (QED) is 0.174. The van der Waals surface area contributed by atoms with Crippen molar-refractivity contribution in [2.75, 3.05) is 6.61 Å². The number of nitrogens with zero attached hydrogens (tertiary/aromatic N) is 2. The third-order valence-electron chi connectivity index (χ3n) is 5.70. The molecule has 2 N–H and O–H groups in total. The van der Waals surface area contributed by atoms with Crippen LogP contribution in [0.3, 0.4) is 0 Å². The number of aryl methyl sites for hydroxylation is 2. The van der Waals surface area contributed by atoms with Gasteiger partial charge < -0.3 is 19.6 Å². The lowest BCUT2D eigenvalue weighted by Crippen LogP contribution is -2.18. The van der Waals surface area contributed by atoms with Gasteiger partial charge in [-0.05, 0) is 60.4 Å². The van der Waals surface area contributed by atoms with Crippen molar-refractivity contribution in [1.82, 2.24) is 4.57 Å². The van der Waals surface area contributed by atoms with Crippen LogP contribution in [-0.2, 0) is 11.8 Å². The van der Waals surface area contributed by atoms with Gasteiger partial charge in [0.25, 0.3) is 0 Å². The van der Waals surface area contributed by atoms with E-state index in [1.54, 1.807) is 31.4 Å². The van der Waals surface area contributed by atoms with Gasteiger partial charge in [0.1, 0.15) is 0 Å². The lowest BCUT2D eigenvalue weighted by Gasteiger charge is -2.22. The minimum Gasteiger partial charge on any atom is -0.491 e. The number of oxime groups is 1. The maximum atomic E-state index is 14.9. The standard InChI is InChI=1S/C26H26ClFN2O5/c1-16-12-19(27)7-8-20(16)21(14-23(29-34)18-6-10-25(31)30(2)15-18)17-5-9-24(22(28)13-17)35-11-3-4-26(32)33/h5-10,12-13,15,21,34H,3-4,11,14H2,1-2H3,(H,32,33)/b29-23+. The van der Waals surface area contributed by atoms with E-state index in [0.29, 0.717) is 21.9 Å². The summed E-state index contributed by atoms with van der Waals surface area (Å²) in [4.78, 5) is 22.4. The fourth-order valence-corrected chi connectivity index (χ4v) is 4.09.